The third kappa shape index (κ3) is 5.64. The van der Waals surface area contributed by atoms with Crippen LogP contribution in [-0.2, 0) is 4.79 Å². The second kappa shape index (κ2) is 7.42. The number of amides is 2. The van der Waals surface area contributed by atoms with Crippen molar-refractivity contribution in [2.24, 2.45) is 0 Å². The third-order valence-corrected chi connectivity index (χ3v) is 2.58. The van der Waals surface area contributed by atoms with E-state index in [1.807, 2.05) is 0 Å². The van der Waals surface area contributed by atoms with Gasteiger partial charge in [0.2, 0.25) is 0 Å². The van der Waals surface area contributed by atoms with Gasteiger partial charge in [-0.1, -0.05) is 0 Å². The molecule has 1 aromatic rings. The Hall–Kier alpha value is -2.18. The summed E-state index contributed by atoms with van der Waals surface area (Å²) < 4.78 is 26.0. The zero-order valence-corrected chi connectivity index (χ0v) is 11.0. The van der Waals surface area contributed by atoms with Crippen molar-refractivity contribution in [1.82, 2.24) is 5.32 Å². The standard InChI is InChI=1S/C13H16F2N2O3/c1-8(3-2-4-12(18)19)16-13(20)17-11-6-5-9(14)7-10(11)15/h5-8H,2-4H2,1H3,(H,18,19)(H2,16,17,20). The average Bonchev–Trinajstić information content (AvgIpc) is 2.32. The number of hydrogen-bond donors (Lipinski definition) is 3. The second-order valence-corrected chi connectivity index (χ2v) is 4.41. The van der Waals surface area contributed by atoms with Crippen LogP contribution in [0.4, 0.5) is 19.3 Å². The number of benzene rings is 1. The van der Waals surface area contributed by atoms with Crippen molar-refractivity contribution >= 4 is 17.7 Å². The van der Waals surface area contributed by atoms with E-state index in [9.17, 15) is 18.4 Å². The van der Waals surface area contributed by atoms with Crippen LogP contribution >= 0.6 is 0 Å². The number of carboxylic acid groups (broad SMARTS) is 1. The molecule has 0 aliphatic heterocycles. The fraction of sp³-hybridized carbons (Fsp3) is 0.385. The molecule has 0 aromatic heterocycles. The van der Waals surface area contributed by atoms with Gasteiger partial charge in [-0.25, -0.2) is 13.6 Å². The summed E-state index contributed by atoms with van der Waals surface area (Å²) >= 11 is 0. The molecule has 1 aromatic carbocycles. The lowest BCUT2D eigenvalue weighted by Gasteiger charge is -2.14. The Labute approximate surface area is 115 Å². The normalized spacial score (nSPS) is 11.8. The molecule has 0 bridgehead atoms. The molecule has 1 atom stereocenters. The van der Waals surface area contributed by atoms with Gasteiger partial charge in [0.25, 0.3) is 0 Å². The van der Waals surface area contributed by atoms with Crippen LogP contribution in [0, 0.1) is 11.6 Å². The molecule has 2 amide bonds. The van der Waals surface area contributed by atoms with Gasteiger partial charge >= 0.3 is 12.0 Å². The van der Waals surface area contributed by atoms with E-state index >= 15 is 0 Å². The van der Waals surface area contributed by atoms with E-state index in [1.54, 1.807) is 6.92 Å². The Morgan fingerprint density at radius 3 is 2.65 bits per heavy atom. The summed E-state index contributed by atoms with van der Waals surface area (Å²) in [4.78, 5) is 21.9. The molecule has 110 valence electrons. The predicted octanol–water partition coefficient (Wildman–Crippen LogP) is 2.73. The summed E-state index contributed by atoms with van der Waals surface area (Å²) in [6.45, 7) is 1.71. The molecule has 0 fully saturated rings. The van der Waals surface area contributed by atoms with Crippen molar-refractivity contribution in [2.75, 3.05) is 5.32 Å². The Balaban J connectivity index is 2.41. The van der Waals surface area contributed by atoms with Crippen LogP contribution in [0.3, 0.4) is 0 Å². The van der Waals surface area contributed by atoms with Crippen molar-refractivity contribution in [2.45, 2.75) is 32.2 Å². The summed E-state index contributed by atoms with van der Waals surface area (Å²) in [6, 6.07) is 1.96. The number of halogens is 2. The first-order valence-corrected chi connectivity index (χ1v) is 6.13. The van der Waals surface area contributed by atoms with Gasteiger partial charge in [0.15, 0.2) is 0 Å². The zero-order valence-electron chi connectivity index (χ0n) is 11.0. The number of nitrogens with one attached hydrogen (secondary N) is 2. The van der Waals surface area contributed by atoms with Crippen LogP contribution in [-0.4, -0.2) is 23.1 Å². The maximum Gasteiger partial charge on any atom is 0.319 e. The highest BCUT2D eigenvalue weighted by atomic mass is 19.1. The van der Waals surface area contributed by atoms with Gasteiger partial charge in [-0.15, -0.1) is 0 Å². The van der Waals surface area contributed by atoms with Crippen LogP contribution in [0.5, 0.6) is 0 Å². The minimum Gasteiger partial charge on any atom is -0.481 e. The van der Waals surface area contributed by atoms with Crippen molar-refractivity contribution in [3.05, 3.63) is 29.8 Å². The van der Waals surface area contributed by atoms with Crippen molar-refractivity contribution in [1.29, 1.82) is 0 Å². The van der Waals surface area contributed by atoms with Crippen LogP contribution < -0.4 is 10.6 Å². The van der Waals surface area contributed by atoms with Gasteiger partial charge in [0.1, 0.15) is 11.6 Å². The number of carboxylic acids is 1. The third-order valence-electron chi connectivity index (χ3n) is 2.58. The highest BCUT2D eigenvalue weighted by Gasteiger charge is 2.11. The molecule has 7 heteroatoms. The zero-order chi connectivity index (χ0) is 15.1. The van der Waals surface area contributed by atoms with Crippen LogP contribution in [0.2, 0.25) is 0 Å². The van der Waals surface area contributed by atoms with Gasteiger partial charge in [0.05, 0.1) is 5.69 Å². The molecule has 0 aliphatic rings. The SMILES string of the molecule is CC(CCCC(=O)O)NC(=O)Nc1ccc(F)cc1F. The maximum atomic E-state index is 13.3. The van der Waals surface area contributed by atoms with E-state index in [1.165, 1.54) is 0 Å². The summed E-state index contributed by atoms with van der Waals surface area (Å²) in [5.74, 6) is -2.48. The number of aliphatic carboxylic acids is 1. The molecule has 20 heavy (non-hydrogen) atoms. The number of rotatable bonds is 6. The monoisotopic (exact) mass is 286 g/mol. The Morgan fingerprint density at radius 1 is 1.35 bits per heavy atom. The molecule has 0 saturated heterocycles. The van der Waals surface area contributed by atoms with E-state index in [2.05, 4.69) is 10.6 Å². The lowest BCUT2D eigenvalue weighted by atomic mass is 10.1. The van der Waals surface area contributed by atoms with Crippen LogP contribution in [0.25, 0.3) is 0 Å². The number of carbonyl (C=O) groups is 2. The summed E-state index contributed by atoms with van der Waals surface area (Å²) in [6.07, 6.45) is 0.952. The highest BCUT2D eigenvalue weighted by molar-refractivity contribution is 5.89. The topological polar surface area (TPSA) is 78.4 Å². The Morgan fingerprint density at radius 2 is 2.05 bits per heavy atom. The van der Waals surface area contributed by atoms with Gasteiger partial charge in [0, 0.05) is 18.5 Å². The number of anilines is 1. The van der Waals surface area contributed by atoms with Gasteiger partial charge < -0.3 is 15.7 Å². The van der Waals surface area contributed by atoms with Gasteiger partial charge in [-0.05, 0) is 31.9 Å². The molecule has 0 radical (unpaired) electrons. The first kappa shape index (κ1) is 15.9. The minimum absolute atomic E-state index is 0.0280. The average molecular weight is 286 g/mol. The molecule has 1 rings (SSSR count). The molecular formula is C13H16F2N2O3. The summed E-state index contributed by atoms with van der Waals surface area (Å²) in [5, 5.41) is 13.3. The van der Waals surface area contributed by atoms with E-state index < -0.39 is 23.6 Å². The number of hydrogen-bond acceptors (Lipinski definition) is 2. The number of urea groups is 1. The molecule has 0 spiro atoms. The summed E-state index contributed by atoms with van der Waals surface area (Å²) in [7, 11) is 0. The molecule has 3 N–H and O–H groups in total. The fourth-order valence-corrected chi connectivity index (χ4v) is 1.60. The molecule has 1 unspecified atom stereocenters. The van der Waals surface area contributed by atoms with E-state index in [0.29, 0.717) is 18.9 Å². The van der Waals surface area contributed by atoms with Crippen molar-refractivity contribution < 1.29 is 23.5 Å². The van der Waals surface area contributed by atoms with Crippen LogP contribution in [0.15, 0.2) is 18.2 Å². The summed E-state index contributed by atoms with van der Waals surface area (Å²) in [5.41, 5.74) is -0.123. The van der Waals surface area contributed by atoms with Crippen LogP contribution in [0.1, 0.15) is 26.2 Å². The molecule has 0 heterocycles. The first-order chi connectivity index (χ1) is 9.38. The smallest absolute Gasteiger partial charge is 0.319 e. The molecule has 0 aliphatic carbocycles. The lowest BCUT2D eigenvalue weighted by molar-refractivity contribution is -0.137. The maximum absolute atomic E-state index is 13.3. The Kier molecular flexibility index (Phi) is 5.89. The largest absolute Gasteiger partial charge is 0.481 e. The van der Waals surface area contributed by atoms with E-state index in [0.717, 1.165) is 12.1 Å². The second-order valence-electron chi connectivity index (χ2n) is 4.41. The molecule has 5 nitrogen and oxygen atoms in total. The molecule has 0 saturated carbocycles. The first-order valence-electron chi connectivity index (χ1n) is 6.13. The van der Waals surface area contributed by atoms with Gasteiger partial charge in [-0.3, -0.25) is 4.79 Å². The minimum atomic E-state index is -0.893. The molecular weight excluding hydrogens is 270 g/mol. The highest BCUT2D eigenvalue weighted by Crippen LogP contribution is 2.14. The van der Waals surface area contributed by atoms with Crippen molar-refractivity contribution in [3.8, 4) is 0 Å². The van der Waals surface area contributed by atoms with E-state index in [-0.39, 0.29) is 18.2 Å². The van der Waals surface area contributed by atoms with E-state index in [4.69, 9.17) is 5.11 Å². The fourth-order valence-electron chi connectivity index (χ4n) is 1.60. The quantitative estimate of drug-likeness (QED) is 0.752. The Bertz CT molecular complexity index is 495. The van der Waals surface area contributed by atoms with Crippen molar-refractivity contribution in [3.63, 3.8) is 0 Å². The predicted molar refractivity (Wildman–Crippen MR) is 69.5 cm³/mol. The number of carbonyl (C=O) groups excluding carboxylic acids is 1. The lowest BCUT2D eigenvalue weighted by Crippen LogP contribution is -2.36. The van der Waals surface area contributed by atoms with Gasteiger partial charge in [-0.2, -0.15) is 0 Å².